The smallest absolute Gasteiger partial charge is 0.137 e. The quantitative estimate of drug-likeness (QED) is 0.679. The summed E-state index contributed by atoms with van der Waals surface area (Å²) in [5.41, 5.74) is 0.124. The summed E-state index contributed by atoms with van der Waals surface area (Å²) in [5.74, 6) is 1.21. The van der Waals surface area contributed by atoms with Gasteiger partial charge in [0.05, 0.1) is 0 Å². The van der Waals surface area contributed by atoms with Crippen LogP contribution in [0.1, 0.15) is 68.2 Å². The Morgan fingerprint density at radius 1 is 0.938 bits per heavy atom. The van der Waals surface area contributed by atoms with Crippen molar-refractivity contribution in [3.05, 3.63) is 0 Å². The van der Waals surface area contributed by atoms with E-state index in [0.717, 1.165) is 12.8 Å². The van der Waals surface area contributed by atoms with E-state index in [9.17, 15) is 4.79 Å². The van der Waals surface area contributed by atoms with Gasteiger partial charge in [-0.2, -0.15) is 0 Å². The molecule has 0 spiro atoms. The second-order valence-corrected chi connectivity index (χ2v) is 7.56. The molecule has 16 heavy (non-hydrogen) atoms. The zero-order valence-electron chi connectivity index (χ0n) is 12.5. The van der Waals surface area contributed by atoms with Gasteiger partial charge in [-0.15, -0.1) is 0 Å². The second-order valence-electron chi connectivity index (χ2n) is 7.56. The van der Waals surface area contributed by atoms with Gasteiger partial charge in [0.2, 0.25) is 0 Å². The van der Waals surface area contributed by atoms with Crippen LogP contribution in [-0.4, -0.2) is 5.78 Å². The fourth-order valence-electron chi connectivity index (χ4n) is 2.84. The van der Waals surface area contributed by atoms with Gasteiger partial charge in [-0.3, -0.25) is 4.79 Å². The molecule has 0 bridgehead atoms. The molecule has 0 aliphatic rings. The third-order valence-corrected chi connectivity index (χ3v) is 3.02. The lowest BCUT2D eigenvalue weighted by Crippen LogP contribution is -2.38. The van der Waals surface area contributed by atoms with Crippen LogP contribution in [0, 0.1) is 22.7 Å². The van der Waals surface area contributed by atoms with Gasteiger partial charge in [-0.25, -0.2) is 0 Å². The highest BCUT2D eigenvalue weighted by Gasteiger charge is 2.39. The Balaban J connectivity index is 4.74. The molecule has 0 heterocycles. The normalized spacial score (nSPS) is 13.6. The van der Waals surface area contributed by atoms with Crippen molar-refractivity contribution in [3.63, 3.8) is 0 Å². The van der Waals surface area contributed by atoms with Crippen LogP contribution in [0.25, 0.3) is 0 Å². The molecule has 0 N–H and O–H groups in total. The molecule has 0 amide bonds. The first kappa shape index (κ1) is 15.7. The van der Waals surface area contributed by atoms with Crippen molar-refractivity contribution in [1.29, 1.82) is 0 Å². The van der Waals surface area contributed by atoms with E-state index >= 15 is 0 Å². The van der Waals surface area contributed by atoms with Gasteiger partial charge in [0.1, 0.15) is 5.78 Å². The molecule has 0 radical (unpaired) electrons. The molecule has 0 aromatic heterocycles. The monoisotopic (exact) mass is 226 g/mol. The minimum absolute atomic E-state index is 0.0618. The maximum atomic E-state index is 12.3. The Hall–Kier alpha value is -0.330. The molecule has 96 valence electrons. The van der Waals surface area contributed by atoms with Gasteiger partial charge in [-0.05, 0) is 23.2 Å². The summed E-state index contributed by atoms with van der Waals surface area (Å²) in [6.07, 6.45) is 1.75. The van der Waals surface area contributed by atoms with E-state index < -0.39 is 0 Å². The van der Waals surface area contributed by atoms with Crippen LogP contribution >= 0.6 is 0 Å². The van der Waals surface area contributed by atoms with Crippen LogP contribution in [0.4, 0.5) is 0 Å². The van der Waals surface area contributed by atoms with Gasteiger partial charge in [0.15, 0.2) is 0 Å². The molecular formula is C15H30O. The minimum Gasteiger partial charge on any atom is -0.299 e. The predicted molar refractivity (Wildman–Crippen MR) is 71.5 cm³/mol. The number of carbonyl (C=O) groups is 1. The van der Waals surface area contributed by atoms with Gasteiger partial charge in [-0.1, -0.05) is 55.4 Å². The first-order valence-electron chi connectivity index (χ1n) is 6.49. The number of Topliss-reactive ketones (excluding diaryl/α,β-unsaturated/α-hetero) is 1. The summed E-state index contributed by atoms with van der Waals surface area (Å²) in [4.78, 5) is 12.3. The topological polar surface area (TPSA) is 17.1 Å². The first-order valence-corrected chi connectivity index (χ1v) is 6.49. The lowest BCUT2D eigenvalue weighted by atomic mass is 9.64. The summed E-state index contributed by atoms with van der Waals surface area (Å²) >= 11 is 0. The van der Waals surface area contributed by atoms with Crippen LogP contribution in [0.2, 0.25) is 0 Å². The largest absolute Gasteiger partial charge is 0.299 e. The molecule has 0 saturated heterocycles. The summed E-state index contributed by atoms with van der Waals surface area (Å²) in [7, 11) is 0. The highest BCUT2D eigenvalue weighted by Crippen LogP contribution is 2.41. The van der Waals surface area contributed by atoms with E-state index in [-0.39, 0.29) is 16.7 Å². The zero-order chi connectivity index (χ0) is 13.1. The molecule has 1 heteroatoms. The fraction of sp³-hybridized carbons (Fsp3) is 0.933. The van der Waals surface area contributed by atoms with E-state index in [1.165, 1.54) is 0 Å². The molecule has 0 aliphatic carbocycles. The highest BCUT2D eigenvalue weighted by molar-refractivity contribution is 5.82. The van der Waals surface area contributed by atoms with E-state index in [2.05, 4.69) is 55.4 Å². The molecule has 0 unspecified atom stereocenters. The zero-order valence-corrected chi connectivity index (χ0v) is 12.5. The van der Waals surface area contributed by atoms with Crippen molar-refractivity contribution < 1.29 is 4.79 Å². The molecule has 0 aromatic rings. The molecule has 0 rings (SSSR count). The fourth-order valence-corrected chi connectivity index (χ4v) is 2.84. The third-order valence-electron chi connectivity index (χ3n) is 3.02. The maximum Gasteiger partial charge on any atom is 0.137 e. The van der Waals surface area contributed by atoms with Crippen molar-refractivity contribution >= 4 is 5.78 Å². The molecule has 0 atom stereocenters. The molecule has 1 nitrogen and oxygen atoms in total. The molecular weight excluding hydrogens is 196 g/mol. The SMILES string of the molecule is CC(C)CCC(=O)C(C(C)(C)C)C(C)(C)C. The van der Waals surface area contributed by atoms with Crippen LogP contribution in [0.5, 0.6) is 0 Å². The van der Waals surface area contributed by atoms with Crippen LogP contribution in [0.3, 0.4) is 0 Å². The minimum atomic E-state index is 0.0618. The predicted octanol–water partition coefficient (Wildman–Crippen LogP) is 4.70. The summed E-state index contributed by atoms with van der Waals surface area (Å²) in [6.45, 7) is 17.4. The van der Waals surface area contributed by atoms with Crippen molar-refractivity contribution in [2.45, 2.75) is 68.2 Å². The van der Waals surface area contributed by atoms with Crippen LogP contribution in [-0.2, 0) is 4.79 Å². The van der Waals surface area contributed by atoms with E-state index in [0.29, 0.717) is 11.7 Å². The Morgan fingerprint density at radius 3 is 1.56 bits per heavy atom. The summed E-state index contributed by atoms with van der Waals surface area (Å²) in [6, 6.07) is 0. The van der Waals surface area contributed by atoms with Crippen LogP contribution in [0.15, 0.2) is 0 Å². The number of rotatable bonds is 4. The Bertz CT molecular complexity index is 211. The van der Waals surface area contributed by atoms with Crippen LogP contribution < -0.4 is 0 Å². The average molecular weight is 226 g/mol. The molecule has 0 fully saturated rings. The van der Waals surface area contributed by atoms with Crippen molar-refractivity contribution in [3.8, 4) is 0 Å². The Labute approximate surface area is 102 Å². The van der Waals surface area contributed by atoms with Gasteiger partial charge in [0, 0.05) is 12.3 Å². The molecule has 0 aromatic carbocycles. The number of carbonyl (C=O) groups excluding carboxylic acids is 1. The van der Waals surface area contributed by atoms with Gasteiger partial charge >= 0.3 is 0 Å². The maximum absolute atomic E-state index is 12.3. The Kier molecular flexibility index (Phi) is 5.22. The average Bonchev–Trinajstić information content (AvgIpc) is 1.94. The van der Waals surface area contributed by atoms with E-state index in [1.54, 1.807) is 0 Å². The molecule has 0 saturated carbocycles. The highest BCUT2D eigenvalue weighted by atomic mass is 16.1. The number of ketones is 1. The molecule has 0 aliphatic heterocycles. The van der Waals surface area contributed by atoms with E-state index in [1.807, 2.05) is 0 Å². The first-order chi connectivity index (χ1) is 6.96. The Morgan fingerprint density at radius 2 is 1.31 bits per heavy atom. The van der Waals surface area contributed by atoms with Gasteiger partial charge in [0.25, 0.3) is 0 Å². The lowest BCUT2D eigenvalue weighted by molar-refractivity contribution is -0.131. The third kappa shape index (κ3) is 5.14. The van der Waals surface area contributed by atoms with Crippen molar-refractivity contribution in [1.82, 2.24) is 0 Å². The second kappa shape index (κ2) is 5.33. The van der Waals surface area contributed by atoms with Crippen molar-refractivity contribution in [2.24, 2.45) is 22.7 Å². The number of hydrogen-bond donors (Lipinski definition) is 0. The lowest BCUT2D eigenvalue weighted by Gasteiger charge is -2.39. The van der Waals surface area contributed by atoms with Gasteiger partial charge < -0.3 is 0 Å². The summed E-state index contributed by atoms with van der Waals surface area (Å²) < 4.78 is 0. The summed E-state index contributed by atoms with van der Waals surface area (Å²) in [5, 5.41) is 0. The standard InChI is InChI=1S/C15H30O/c1-11(2)9-10-12(16)13(14(3,4)5)15(6,7)8/h11,13H,9-10H2,1-8H3. The van der Waals surface area contributed by atoms with E-state index in [4.69, 9.17) is 0 Å². The van der Waals surface area contributed by atoms with Crippen molar-refractivity contribution in [2.75, 3.05) is 0 Å². The number of hydrogen-bond acceptors (Lipinski definition) is 1.